The van der Waals surface area contributed by atoms with Gasteiger partial charge in [0.2, 0.25) is 0 Å². The summed E-state index contributed by atoms with van der Waals surface area (Å²) in [6, 6.07) is 0. The molecular weight excluding hydrogens is 224 g/mol. The van der Waals surface area contributed by atoms with Crippen LogP contribution in [0.25, 0.3) is 0 Å². The lowest BCUT2D eigenvalue weighted by Crippen LogP contribution is -2.58. The Balaban J connectivity index is 2.72. The van der Waals surface area contributed by atoms with Gasteiger partial charge in [0.15, 0.2) is 0 Å². The SMILES string of the molecule is COC(CN)C(=O)N1CC(CO)OC(C)(C)C1. The van der Waals surface area contributed by atoms with Gasteiger partial charge < -0.3 is 25.2 Å². The van der Waals surface area contributed by atoms with E-state index in [-0.39, 0.29) is 25.2 Å². The van der Waals surface area contributed by atoms with Crippen molar-refractivity contribution in [2.45, 2.75) is 31.7 Å². The van der Waals surface area contributed by atoms with E-state index in [0.29, 0.717) is 13.1 Å². The number of hydrogen-bond acceptors (Lipinski definition) is 5. The molecule has 0 aromatic carbocycles. The summed E-state index contributed by atoms with van der Waals surface area (Å²) in [6.07, 6.45) is -0.971. The van der Waals surface area contributed by atoms with Gasteiger partial charge in [-0.25, -0.2) is 0 Å². The maximum atomic E-state index is 12.1. The van der Waals surface area contributed by atoms with Crippen LogP contribution >= 0.6 is 0 Å². The third-order valence-electron chi connectivity index (χ3n) is 2.77. The summed E-state index contributed by atoms with van der Waals surface area (Å²) in [5, 5.41) is 9.16. The fraction of sp³-hybridized carbons (Fsp3) is 0.909. The molecule has 0 aliphatic carbocycles. The van der Waals surface area contributed by atoms with Crippen molar-refractivity contribution in [2.75, 3.05) is 33.4 Å². The number of nitrogens with zero attached hydrogens (tertiary/aromatic N) is 1. The molecule has 1 rings (SSSR count). The molecule has 0 aromatic rings. The Morgan fingerprint density at radius 2 is 2.35 bits per heavy atom. The van der Waals surface area contributed by atoms with Gasteiger partial charge in [-0.1, -0.05) is 0 Å². The van der Waals surface area contributed by atoms with E-state index in [1.54, 1.807) is 4.90 Å². The smallest absolute Gasteiger partial charge is 0.253 e. The van der Waals surface area contributed by atoms with Crippen LogP contribution in [0.2, 0.25) is 0 Å². The largest absolute Gasteiger partial charge is 0.394 e. The Kier molecular flexibility index (Phi) is 4.88. The fourth-order valence-corrected chi connectivity index (χ4v) is 2.06. The van der Waals surface area contributed by atoms with Crippen molar-refractivity contribution in [3.8, 4) is 0 Å². The molecule has 2 unspecified atom stereocenters. The van der Waals surface area contributed by atoms with E-state index in [9.17, 15) is 4.79 Å². The first-order valence-corrected chi connectivity index (χ1v) is 5.74. The number of rotatable bonds is 4. The number of aliphatic hydroxyl groups excluding tert-OH is 1. The van der Waals surface area contributed by atoms with Crippen molar-refractivity contribution in [3.63, 3.8) is 0 Å². The Bertz CT molecular complexity index is 266. The van der Waals surface area contributed by atoms with Gasteiger partial charge in [-0.15, -0.1) is 0 Å². The lowest BCUT2D eigenvalue weighted by atomic mass is 10.0. The third kappa shape index (κ3) is 3.64. The average molecular weight is 246 g/mol. The fourth-order valence-electron chi connectivity index (χ4n) is 2.06. The molecule has 1 fully saturated rings. The van der Waals surface area contributed by atoms with Crippen LogP contribution in [0.15, 0.2) is 0 Å². The van der Waals surface area contributed by atoms with E-state index in [0.717, 1.165) is 0 Å². The Labute approximate surface area is 102 Å². The van der Waals surface area contributed by atoms with Gasteiger partial charge in [-0.05, 0) is 13.8 Å². The van der Waals surface area contributed by atoms with Gasteiger partial charge in [0.05, 0.1) is 18.3 Å². The first-order valence-electron chi connectivity index (χ1n) is 5.74. The number of ether oxygens (including phenoxy) is 2. The molecule has 1 saturated heterocycles. The second-order valence-electron chi connectivity index (χ2n) is 4.86. The average Bonchev–Trinajstić information content (AvgIpc) is 2.28. The molecule has 0 spiro atoms. The molecule has 0 bridgehead atoms. The summed E-state index contributed by atoms with van der Waals surface area (Å²) >= 11 is 0. The van der Waals surface area contributed by atoms with Crippen LogP contribution in [0, 0.1) is 0 Å². The predicted molar refractivity (Wildman–Crippen MR) is 62.5 cm³/mol. The maximum Gasteiger partial charge on any atom is 0.253 e. The standard InChI is InChI=1S/C11H22N2O4/c1-11(2)7-13(5-8(6-14)17-11)10(15)9(4-12)16-3/h8-9,14H,4-7,12H2,1-3H3. The number of amides is 1. The van der Waals surface area contributed by atoms with Crippen molar-refractivity contribution in [1.29, 1.82) is 0 Å². The van der Waals surface area contributed by atoms with Crippen LogP contribution in [-0.2, 0) is 14.3 Å². The highest BCUT2D eigenvalue weighted by molar-refractivity contribution is 5.81. The summed E-state index contributed by atoms with van der Waals surface area (Å²) in [5.74, 6) is -0.148. The monoisotopic (exact) mass is 246 g/mol. The van der Waals surface area contributed by atoms with Crippen LogP contribution in [-0.4, -0.2) is 67.1 Å². The Hall–Kier alpha value is -0.690. The van der Waals surface area contributed by atoms with Crippen molar-refractivity contribution in [3.05, 3.63) is 0 Å². The van der Waals surface area contributed by atoms with E-state index < -0.39 is 11.7 Å². The minimum absolute atomic E-state index is 0.104. The number of aliphatic hydroxyl groups is 1. The molecule has 6 nitrogen and oxygen atoms in total. The highest BCUT2D eigenvalue weighted by atomic mass is 16.5. The first-order chi connectivity index (χ1) is 7.93. The van der Waals surface area contributed by atoms with E-state index >= 15 is 0 Å². The van der Waals surface area contributed by atoms with E-state index in [1.807, 2.05) is 13.8 Å². The van der Waals surface area contributed by atoms with Crippen molar-refractivity contribution in [1.82, 2.24) is 4.90 Å². The minimum atomic E-state index is -0.622. The molecule has 100 valence electrons. The lowest BCUT2D eigenvalue weighted by Gasteiger charge is -2.43. The second-order valence-corrected chi connectivity index (χ2v) is 4.86. The Morgan fingerprint density at radius 3 is 2.82 bits per heavy atom. The zero-order chi connectivity index (χ0) is 13.1. The van der Waals surface area contributed by atoms with Crippen LogP contribution in [0.5, 0.6) is 0 Å². The predicted octanol–water partition coefficient (Wildman–Crippen LogP) is -1.04. The van der Waals surface area contributed by atoms with Crippen LogP contribution in [0.3, 0.4) is 0 Å². The Morgan fingerprint density at radius 1 is 1.71 bits per heavy atom. The molecule has 17 heavy (non-hydrogen) atoms. The molecule has 1 aliphatic rings. The number of hydrogen-bond donors (Lipinski definition) is 2. The lowest BCUT2D eigenvalue weighted by molar-refractivity contribution is -0.173. The zero-order valence-electron chi connectivity index (χ0n) is 10.7. The van der Waals surface area contributed by atoms with Gasteiger partial charge in [0.25, 0.3) is 5.91 Å². The number of methoxy groups -OCH3 is 1. The number of carbonyl (C=O) groups excluding carboxylic acids is 1. The summed E-state index contributed by atoms with van der Waals surface area (Å²) in [5.41, 5.74) is 5.01. The number of carbonyl (C=O) groups is 1. The van der Waals surface area contributed by atoms with Crippen molar-refractivity contribution < 1.29 is 19.4 Å². The molecule has 2 atom stereocenters. The molecule has 6 heteroatoms. The molecule has 3 N–H and O–H groups in total. The van der Waals surface area contributed by atoms with Crippen molar-refractivity contribution >= 4 is 5.91 Å². The van der Waals surface area contributed by atoms with E-state index in [4.69, 9.17) is 20.3 Å². The summed E-state index contributed by atoms with van der Waals surface area (Å²) in [4.78, 5) is 13.7. The van der Waals surface area contributed by atoms with Gasteiger partial charge >= 0.3 is 0 Å². The number of nitrogens with two attached hydrogens (primary N) is 1. The van der Waals surface area contributed by atoms with Gasteiger partial charge in [0, 0.05) is 26.7 Å². The molecule has 0 aromatic heterocycles. The molecule has 0 saturated carbocycles. The van der Waals surface area contributed by atoms with Crippen LogP contribution < -0.4 is 5.73 Å². The molecular formula is C11H22N2O4. The van der Waals surface area contributed by atoms with E-state index in [1.165, 1.54) is 7.11 Å². The highest BCUT2D eigenvalue weighted by Gasteiger charge is 2.37. The van der Waals surface area contributed by atoms with Crippen LogP contribution in [0.4, 0.5) is 0 Å². The van der Waals surface area contributed by atoms with Gasteiger partial charge in [0.1, 0.15) is 6.10 Å². The second kappa shape index (κ2) is 5.77. The topological polar surface area (TPSA) is 85.0 Å². The summed E-state index contributed by atoms with van der Waals surface area (Å²) < 4.78 is 10.7. The molecule has 1 aliphatic heterocycles. The quantitative estimate of drug-likeness (QED) is 0.662. The number of morpholine rings is 1. The maximum absolute atomic E-state index is 12.1. The summed E-state index contributed by atoms with van der Waals surface area (Å²) in [6.45, 7) is 4.67. The zero-order valence-corrected chi connectivity index (χ0v) is 10.7. The van der Waals surface area contributed by atoms with E-state index in [2.05, 4.69) is 0 Å². The van der Waals surface area contributed by atoms with Gasteiger partial charge in [-0.3, -0.25) is 4.79 Å². The van der Waals surface area contributed by atoms with Gasteiger partial charge in [-0.2, -0.15) is 0 Å². The highest BCUT2D eigenvalue weighted by Crippen LogP contribution is 2.21. The normalized spacial score (nSPS) is 25.7. The molecule has 1 heterocycles. The molecule has 1 amide bonds. The van der Waals surface area contributed by atoms with Crippen LogP contribution in [0.1, 0.15) is 13.8 Å². The first kappa shape index (κ1) is 14.4. The van der Waals surface area contributed by atoms with Crippen molar-refractivity contribution in [2.24, 2.45) is 5.73 Å². The molecule has 0 radical (unpaired) electrons. The third-order valence-corrected chi connectivity index (χ3v) is 2.77. The minimum Gasteiger partial charge on any atom is -0.394 e. The summed E-state index contributed by atoms with van der Waals surface area (Å²) in [7, 11) is 1.46.